The molecule has 0 saturated heterocycles. The third kappa shape index (κ3) is 3.84. The average Bonchev–Trinajstić information content (AvgIpc) is 2.80. The average molecular weight is 288 g/mol. The molecule has 1 aromatic carbocycles. The van der Waals surface area contributed by atoms with E-state index >= 15 is 0 Å². The van der Waals surface area contributed by atoms with Crippen molar-refractivity contribution < 1.29 is 14.3 Å². The summed E-state index contributed by atoms with van der Waals surface area (Å²) in [5, 5.41) is 3.59. The number of carbonyl (C=O) groups is 2. The Kier molecular flexibility index (Phi) is 4.02. The second-order valence-electron chi connectivity index (χ2n) is 6.00. The monoisotopic (exact) mass is 288 g/mol. The molecule has 0 aliphatic carbocycles. The van der Waals surface area contributed by atoms with Crippen molar-refractivity contribution >= 4 is 22.8 Å². The third-order valence-corrected chi connectivity index (χ3v) is 2.88. The van der Waals surface area contributed by atoms with E-state index in [9.17, 15) is 9.59 Å². The number of aromatic amines is 1. The van der Waals surface area contributed by atoms with Crippen LogP contribution in [0.2, 0.25) is 0 Å². The van der Waals surface area contributed by atoms with Crippen molar-refractivity contribution in [3.63, 3.8) is 0 Å². The maximum atomic E-state index is 12.1. The van der Waals surface area contributed by atoms with Gasteiger partial charge in [0.15, 0.2) is 0 Å². The normalized spacial score (nSPS) is 13.0. The van der Waals surface area contributed by atoms with Crippen LogP contribution in [-0.2, 0) is 9.53 Å². The largest absolute Gasteiger partial charge is 0.458 e. The minimum atomic E-state index is -0.705. The number of esters is 1. The number of para-hydroxylation sites is 1. The summed E-state index contributed by atoms with van der Waals surface area (Å²) in [5.41, 5.74) is 0.733. The number of aromatic nitrogens is 1. The van der Waals surface area contributed by atoms with Gasteiger partial charge in [-0.25, -0.2) is 4.79 Å². The fourth-order valence-corrected chi connectivity index (χ4v) is 1.92. The number of ether oxygens (including phenoxy) is 1. The molecule has 5 nitrogen and oxygen atoms in total. The van der Waals surface area contributed by atoms with Gasteiger partial charge in [-0.1, -0.05) is 18.2 Å². The molecule has 112 valence electrons. The zero-order valence-corrected chi connectivity index (χ0v) is 12.7. The highest BCUT2D eigenvalue weighted by Crippen LogP contribution is 2.15. The van der Waals surface area contributed by atoms with Gasteiger partial charge in [0.2, 0.25) is 0 Å². The SMILES string of the molecule is C[C@@H](NC(=O)c1cc2ccccc2[nH]1)C(=O)OC(C)(C)C. The molecule has 1 atom stereocenters. The molecule has 21 heavy (non-hydrogen) atoms. The summed E-state index contributed by atoms with van der Waals surface area (Å²) >= 11 is 0. The highest BCUT2D eigenvalue weighted by Gasteiger charge is 2.23. The van der Waals surface area contributed by atoms with Crippen molar-refractivity contribution in [1.82, 2.24) is 10.3 Å². The maximum absolute atomic E-state index is 12.1. The van der Waals surface area contributed by atoms with Crippen molar-refractivity contribution in [2.45, 2.75) is 39.3 Å². The van der Waals surface area contributed by atoms with Crippen LogP contribution in [-0.4, -0.2) is 28.5 Å². The number of rotatable bonds is 3. The summed E-state index contributed by atoms with van der Waals surface area (Å²) in [6.07, 6.45) is 0. The molecule has 5 heteroatoms. The predicted molar refractivity (Wildman–Crippen MR) is 81.1 cm³/mol. The summed E-state index contributed by atoms with van der Waals surface area (Å²) in [6, 6.07) is 8.66. The van der Waals surface area contributed by atoms with Crippen LogP contribution in [0.15, 0.2) is 30.3 Å². The first-order valence-electron chi connectivity index (χ1n) is 6.88. The van der Waals surface area contributed by atoms with Crippen molar-refractivity contribution in [1.29, 1.82) is 0 Å². The van der Waals surface area contributed by atoms with Gasteiger partial charge in [-0.15, -0.1) is 0 Å². The van der Waals surface area contributed by atoms with E-state index in [4.69, 9.17) is 4.74 Å². The summed E-state index contributed by atoms with van der Waals surface area (Å²) < 4.78 is 5.23. The molecule has 0 radical (unpaired) electrons. The molecule has 1 heterocycles. The van der Waals surface area contributed by atoms with Crippen LogP contribution >= 0.6 is 0 Å². The topological polar surface area (TPSA) is 71.2 Å². The zero-order valence-electron chi connectivity index (χ0n) is 12.7. The van der Waals surface area contributed by atoms with Crippen LogP contribution in [0.5, 0.6) is 0 Å². The van der Waals surface area contributed by atoms with Gasteiger partial charge in [0.1, 0.15) is 17.3 Å². The van der Waals surface area contributed by atoms with E-state index in [2.05, 4.69) is 10.3 Å². The van der Waals surface area contributed by atoms with Gasteiger partial charge in [0, 0.05) is 10.9 Å². The van der Waals surface area contributed by atoms with Crippen LogP contribution < -0.4 is 5.32 Å². The van der Waals surface area contributed by atoms with Crippen LogP contribution in [0.1, 0.15) is 38.2 Å². The van der Waals surface area contributed by atoms with Gasteiger partial charge >= 0.3 is 5.97 Å². The second kappa shape index (κ2) is 5.60. The smallest absolute Gasteiger partial charge is 0.328 e. The van der Waals surface area contributed by atoms with E-state index in [0.29, 0.717) is 5.69 Å². The van der Waals surface area contributed by atoms with E-state index in [1.165, 1.54) is 0 Å². The third-order valence-electron chi connectivity index (χ3n) is 2.88. The molecule has 0 aliphatic rings. The van der Waals surface area contributed by atoms with Crippen molar-refractivity contribution in [3.8, 4) is 0 Å². The fraction of sp³-hybridized carbons (Fsp3) is 0.375. The Morgan fingerprint density at radius 2 is 1.90 bits per heavy atom. The summed E-state index contributed by atoms with van der Waals surface area (Å²) in [5.74, 6) is -0.781. The molecule has 1 amide bonds. The number of fused-ring (bicyclic) bond motifs is 1. The first kappa shape index (κ1) is 15.1. The number of amides is 1. The standard InChI is InChI=1S/C16H20N2O3/c1-10(15(20)21-16(2,3)4)17-14(19)13-9-11-7-5-6-8-12(11)18-13/h5-10,18H,1-4H3,(H,17,19)/t10-/m1/s1. The van der Waals surface area contributed by atoms with Gasteiger partial charge in [-0.2, -0.15) is 0 Å². The number of H-pyrrole nitrogens is 1. The maximum Gasteiger partial charge on any atom is 0.328 e. The van der Waals surface area contributed by atoms with Crippen LogP contribution in [0, 0.1) is 0 Å². The molecule has 0 saturated carbocycles. The Balaban J connectivity index is 2.05. The molecule has 0 unspecified atom stereocenters. The Hall–Kier alpha value is -2.30. The summed E-state index contributed by atoms with van der Waals surface area (Å²) in [6.45, 7) is 6.97. The Morgan fingerprint density at radius 3 is 2.52 bits per heavy atom. The van der Waals surface area contributed by atoms with Crippen LogP contribution in [0.4, 0.5) is 0 Å². The molecule has 0 spiro atoms. The first-order valence-corrected chi connectivity index (χ1v) is 6.88. The number of nitrogens with one attached hydrogen (secondary N) is 2. The zero-order chi connectivity index (χ0) is 15.6. The minimum absolute atomic E-state index is 0.329. The highest BCUT2D eigenvalue weighted by molar-refractivity contribution is 5.99. The van der Waals surface area contributed by atoms with E-state index in [-0.39, 0.29) is 5.91 Å². The minimum Gasteiger partial charge on any atom is -0.458 e. The number of benzene rings is 1. The molecule has 0 bridgehead atoms. The molecule has 0 fully saturated rings. The quantitative estimate of drug-likeness (QED) is 0.853. The molecule has 2 N–H and O–H groups in total. The molecule has 0 aliphatic heterocycles. The van der Waals surface area contributed by atoms with Gasteiger partial charge in [-0.3, -0.25) is 4.79 Å². The predicted octanol–water partition coefficient (Wildman–Crippen LogP) is 2.63. The van der Waals surface area contributed by atoms with E-state index < -0.39 is 17.6 Å². The van der Waals surface area contributed by atoms with Crippen molar-refractivity contribution in [2.24, 2.45) is 0 Å². The molecular formula is C16H20N2O3. The van der Waals surface area contributed by atoms with Crippen molar-refractivity contribution in [3.05, 3.63) is 36.0 Å². The van der Waals surface area contributed by atoms with Gasteiger partial charge in [0.25, 0.3) is 5.91 Å². The second-order valence-corrected chi connectivity index (χ2v) is 6.00. The van der Waals surface area contributed by atoms with Gasteiger partial charge in [0.05, 0.1) is 0 Å². The highest BCUT2D eigenvalue weighted by atomic mass is 16.6. The van der Waals surface area contributed by atoms with E-state index in [1.54, 1.807) is 33.8 Å². The lowest BCUT2D eigenvalue weighted by molar-refractivity contribution is -0.156. The lowest BCUT2D eigenvalue weighted by Crippen LogP contribution is -2.42. The summed E-state index contributed by atoms with van der Waals surface area (Å²) in [4.78, 5) is 27.0. The number of carbonyl (C=O) groups excluding carboxylic acids is 2. The Labute approximate surface area is 123 Å². The molecule has 2 aromatic rings. The van der Waals surface area contributed by atoms with Crippen LogP contribution in [0.3, 0.4) is 0 Å². The van der Waals surface area contributed by atoms with E-state index in [0.717, 1.165) is 10.9 Å². The lowest BCUT2D eigenvalue weighted by atomic mass is 10.2. The lowest BCUT2D eigenvalue weighted by Gasteiger charge is -2.22. The summed E-state index contributed by atoms with van der Waals surface area (Å²) in [7, 11) is 0. The van der Waals surface area contributed by atoms with Crippen molar-refractivity contribution in [2.75, 3.05) is 0 Å². The van der Waals surface area contributed by atoms with E-state index in [1.807, 2.05) is 24.3 Å². The fourth-order valence-electron chi connectivity index (χ4n) is 1.92. The number of hydrogen-bond donors (Lipinski definition) is 2. The first-order chi connectivity index (χ1) is 9.76. The number of hydrogen-bond acceptors (Lipinski definition) is 3. The molecule has 1 aromatic heterocycles. The van der Waals surface area contributed by atoms with Gasteiger partial charge < -0.3 is 15.0 Å². The Bertz CT molecular complexity index is 634. The van der Waals surface area contributed by atoms with Gasteiger partial charge in [-0.05, 0) is 39.8 Å². The molecular weight excluding hydrogens is 268 g/mol. The molecule has 2 rings (SSSR count). The van der Waals surface area contributed by atoms with Crippen LogP contribution in [0.25, 0.3) is 10.9 Å². The Morgan fingerprint density at radius 1 is 1.24 bits per heavy atom.